The molecule has 3 aliphatic heterocycles. The first kappa shape index (κ1) is 22.8. The molecular formula is C22H31N5O4S. The summed E-state index contributed by atoms with van der Waals surface area (Å²) in [6, 6.07) is 2.89. The standard InChI is InChI=1S/C22H31N5O4S/c1-31-19(28)17-15(24-21(30)25-18(17)16-6-5-13-32-16)14-26-11-7-22(8-12-26,20(23)29)27-9-3-2-4-10-27/h5-6,13,18H,2-4,7-12,14H2,1H3,(H2,23,29)(H2,24,25,30)/t18-/m1/s1. The normalized spacial score (nSPS) is 24.5. The Morgan fingerprint density at radius 1 is 1.22 bits per heavy atom. The molecular weight excluding hydrogens is 430 g/mol. The number of primary amides is 1. The van der Waals surface area contributed by atoms with Crippen LogP contribution in [0.15, 0.2) is 28.8 Å². The van der Waals surface area contributed by atoms with Crippen molar-refractivity contribution in [2.75, 3.05) is 39.8 Å². The molecule has 9 nitrogen and oxygen atoms in total. The molecule has 4 heterocycles. The lowest BCUT2D eigenvalue weighted by atomic mass is 9.83. The van der Waals surface area contributed by atoms with Crippen LogP contribution in [0.1, 0.15) is 43.0 Å². The van der Waals surface area contributed by atoms with Gasteiger partial charge in [0.2, 0.25) is 5.91 Å². The molecule has 0 aromatic carbocycles. The fraction of sp³-hybridized carbons (Fsp3) is 0.591. The van der Waals surface area contributed by atoms with E-state index in [9.17, 15) is 14.4 Å². The van der Waals surface area contributed by atoms with Crippen molar-refractivity contribution < 1.29 is 19.1 Å². The SMILES string of the molecule is COC(=O)C1=C(CN2CCC(C(N)=O)(N3CCCCC3)CC2)NC(=O)N[C@@H]1c1cccs1. The van der Waals surface area contributed by atoms with E-state index in [-0.39, 0.29) is 11.9 Å². The quantitative estimate of drug-likeness (QED) is 0.551. The number of thiophene rings is 1. The highest BCUT2D eigenvalue weighted by molar-refractivity contribution is 7.10. The number of piperidine rings is 2. The summed E-state index contributed by atoms with van der Waals surface area (Å²) in [6.45, 7) is 3.53. The molecule has 1 aromatic heterocycles. The second-order valence-electron chi connectivity index (χ2n) is 8.65. The highest BCUT2D eigenvalue weighted by Crippen LogP contribution is 2.34. The molecule has 0 spiro atoms. The summed E-state index contributed by atoms with van der Waals surface area (Å²) in [5, 5.41) is 7.56. The van der Waals surface area contributed by atoms with Gasteiger partial charge in [-0.2, -0.15) is 0 Å². The molecule has 3 aliphatic rings. The molecule has 2 saturated heterocycles. The number of hydrogen-bond acceptors (Lipinski definition) is 7. The third-order valence-electron chi connectivity index (χ3n) is 6.87. The summed E-state index contributed by atoms with van der Waals surface area (Å²) < 4.78 is 5.05. The van der Waals surface area contributed by atoms with Crippen molar-refractivity contribution in [2.24, 2.45) is 5.73 Å². The van der Waals surface area contributed by atoms with Crippen molar-refractivity contribution in [1.29, 1.82) is 0 Å². The minimum atomic E-state index is -0.604. The molecule has 1 atom stereocenters. The zero-order valence-corrected chi connectivity index (χ0v) is 19.2. The van der Waals surface area contributed by atoms with E-state index < -0.39 is 17.6 Å². The Balaban J connectivity index is 1.54. The number of rotatable bonds is 6. The van der Waals surface area contributed by atoms with Crippen molar-refractivity contribution in [2.45, 2.75) is 43.7 Å². The fourth-order valence-corrected chi connectivity index (χ4v) is 5.89. The number of nitrogens with zero attached hydrogens (tertiary/aromatic N) is 2. The van der Waals surface area contributed by atoms with Crippen LogP contribution < -0.4 is 16.4 Å². The smallest absolute Gasteiger partial charge is 0.338 e. The highest BCUT2D eigenvalue weighted by atomic mass is 32.1. The van der Waals surface area contributed by atoms with E-state index in [1.54, 1.807) is 0 Å². The zero-order chi connectivity index (χ0) is 22.7. The van der Waals surface area contributed by atoms with Gasteiger partial charge < -0.3 is 21.1 Å². The number of nitrogens with one attached hydrogen (secondary N) is 2. The molecule has 0 saturated carbocycles. The molecule has 4 N–H and O–H groups in total. The number of amides is 3. The average molecular weight is 462 g/mol. The van der Waals surface area contributed by atoms with Crippen molar-refractivity contribution >= 4 is 29.2 Å². The van der Waals surface area contributed by atoms with Crippen LogP contribution in [0.4, 0.5) is 4.79 Å². The second-order valence-corrected chi connectivity index (χ2v) is 9.63. The molecule has 0 unspecified atom stereocenters. The third-order valence-corrected chi connectivity index (χ3v) is 7.81. The van der Waals surface area contributed by atoms with Crippen molar-refractivity contribution in [3.05, 3.63) is 33.7 Å². The van der Waals surface area contributed by atoms with Crippen LogP contribution >= 0.6 is 11.3 Å². The minimum absolute atomic E-state index is 0.249. The monoisotopic (exact) mass is 461 g/mol. The maximum atomic E-state index is 12.7. The highest BCUT2D eigenvalue weighted by Gasteiger charge is 2.45. The molecule has 4 rings (SSSR count). The number of urea groups is 1. The van der Waals surface area contributed by atoms with Gasteiger partial charge in [-0.3, -0.25) is 14.6 Å². The van der Waals surface area contributed by atoms with Crippen molar-refractivity contribution in [1.82, 2.24) is 20.4 Å². The molecule has 10 heteroatoms. The summed E-state index contributed by atoms with van der Waals surface area (Å²) in [6.07, 6.45) is 4.67. The van der Waals surface area contributed by atoms with E-state index in [0.717, 1.165) is 30.8 Å². The van der Waals surface area contributed by atoms with Crippen molar-refractivity contribution in [3.63, 3.8) is 0 Å². The van der Waals surface area contributed by atoms with Gasteiger partial charge in [0, 0.05) is 30.2 Å². The van der Waals surface area contributed by atoms with Crippen LogP contribution in [0, 0.1) is 0 Å². The number of methoxy groups -OCH3 is 1. The van der Waals surface area contributed by atoms with Gasteiger partial charge in [-0.05, 0) is 50.2 Å². The minimum Gasteiger partial charge on any atom is -0.466 e. The Bertz CT molecular complexity index is 886. The summed E-state index contributed by atoms with van der Waals surface area (Å²) >= 11 is 1.48. The van der Waals surface area contributed by atoms with Gasteiger partial charge in [0.25, 0.3) is 0 Å². The lowest BCUT2D eigenvalue weighted by Crippen LogP contribution is -2.63. The summed E-state index contributed by atoms with van der Waals surface area (Å²) in [7, 11) is 1.34. The average Bonchev–Trinajstić information content (AvgIpc) is 3.34. The second kappa shape index (κ2) is 9.60. The zero-order valence-electron chi connectivity index (χ0n) is 18.4. The van der Waals surface area contributed by atoms with Gasteiger partial charge in [-0.15, -0.1) is 11.3 Å². The molecule has 0 radical (unpaired) electrons. The third kappa shape index (κ3) is 4.39. The Kier molecular flexibility index (Phi) is 6.82. The van der Waals surface area contributed by atoms with Crippen molar-refractivity contribution in [3.8, 4) is 0 Å². The van der Waals surface area contributed by atoms with Gasteiger partial charge in [-0.25, -0.2) is 9.59 Å². The summed E-state index contributed by atoms with van der Waals surface area (Å²) in [5.74, 6) is -0.718. The first-order valence-electron chi connectivity index (χ1n) is 11.1. The van der Waals surface area contributed by atoms with Crippen LogP contribution in [0.25, 0.3) is 0 Å². The summed E-state index contributed by atoms with van der Waals surface area (Å²) in [4.78, 5) is 42.9. The molecule has 0 bridgehead atoms. The number of nitrogens with two attached hydrogens (primary N) is 1. The number of esters is 1. The number of carbonyl (C=O) groups excluding carboxylic acids is 3. The Morgan fingerprint density at radius 3 is 2.53 bits per heavy atom. The van der Waals surface area contributed by atoms with Gasteiger partial charge in [0.1, 0.15) is 5.54 Å². The van der Waals surface area contributed by atoms with Gasteiger partial charge >= 0.3 is 12.0 Å². The first-order valence-corrected chi connectivity index (χ1v) is 12.0. The van der Waals surface area contributed by atoms with E-state index in [0.29, 0.717) is 43.7 Å². The van der Waals surface area contributed by atoms with Gasteiger partial charge in [0.05, 0.1) is 18.7 Å². The van der Waals surface area contributed by atoms with Gasteiger partial charge in [0.15, 0.2) is 0 Å². The lowest BCUT2D eigenvalue weighted by molar-refractivity contribution is -0.136. The van der Waals surface area contributed by atoms with E-state index in [2.05, 4.69) is 20.4 Å². The Morgan fingerprint density at radius 2 is 1.94 bits per heavy atom. The maximum absolute atomic E-state index is 12.7. The van der Waals surface area contributed by atoms with Crippen LogP contribution in [-0.2, 0) is 14.3 Å². The van der Waals surface area contributed by atoms with E-state index in [1.807, 2.05) is 17.5 Å². The number of likely N-dealkylation sites (tertiary alicyclic amines) is 2. The summed E-state index contributed by atoms with van der Waals surface area (Å²) in [5.41, 5.74) is 6.25. The molecule has 3 amide bonds. The molecule has 1 aromatic rings. The largest absolute Gasteiger partial charge is 0.466 e. The first-order chi connectivity index (χ1) is 15.4. The molecule has 174 valence electrons. The fourth-order valence-electron chi connectivity index (χ4n) is 5.11. The molecule has 32 heavy (non-hydrogen) atoms. The van der Waals surface area contributed by atoms with Gasteiger partial charge in [-0.1, -0.05) is 12.5 Å². The maximum Gasteiger partial charge on any atom is 0.338 e. The van der Waals surface area contributed by atoms with Crippen LogP contribution in [0.2, 0.25) is 0 Å². The van der Waals surface area contributed by atoms with E-state index in [4.69, 9.17) is 10.5 Å². The number of carbonyl (C=O) groups is 3. The van der Waals surface area contributed by atoms with E-state index in [1.165, 1.54) is 24.9 Å². The topological polar surface area (TPSA) is 117 Å². The predicted molar refractivity (Wildman–Crippen MR) is 121 cm³/mol. The van der Waals surface area contributed by atoms with Crippen LogP contribution in [0.3, 0.4) is 0 Å². The lowest BCUT2D eigenvalue weighted by Gasteiger charge is -2.48. The molecule has 2 fully saturated rings. The Labute approximate surface area is 191 Å². The Hall–Kier alpha value is -2.43. The van der Waals surface area contributed by atoms with Crippen LogP contribution in [-0.4, -0.2) is 73.1 Å². The van der Waals surface area contributed by atoms with Crippen LogP contribution in [0.5, 0.6) is 0 Å². The number of ether oxygens (including phenoxy) is 1. The molecule has 0 aliphatic carbocycles. The predicted octanol–water partition coefficient (Wildman–Crippen LogP) is 1.33. The van der Waals surface area contributed by atoms with E-state index >= 15 is 0 Å². The number of hydrogen-bond donors (Lipinski definition) is 3.